The van der Waals surface area contributed by atoms with Crippen LogP contribution in [-0.4, -0.2) is 14.4 Å². The van der Waals surface area contributed by atoms with Gasteiger partial charge >= 0.3 is 0 Å². The quantitative estimate of drug-likeness (QED) is 0.716. The van der Waals surface area contributed by atoms with Gasteiger partial charge in [0.15, 0.2) is 0 Å². The highest BCUT2D eigenvalue weighted by atomic mass is 35.5. The number of nitrogen functional groups attached to an aromatic ring is 1. The van der Waals surface area contributed by atoms with E-state index in [-0.39, 0.29) is 0 Å². The van der Waals surface area contributed by atoms with Crippen LogP contribution in [0.3, 0.4) is 0 Å². The molecule has 0 saturated carbocycles. The number of benzene rings is 1. The zero-order valence-corrected chi connectivity index (χ0v) is 9.59. The summed E-state index contributed by atoms with van der Waals surface area (Å²) < 4.78 is 1.83. The molecular formula is C12H9ClN4. The molecule has 2 N–H and O–H groups in total. The van der Waals surface area contributed by atoms with Gasteiger partial charge in [-0.3, -0.25) is 4.40 Å². The number of hydrogen-bond donors (Lipinski definition) is 1. The van der Waals surface area contributed by atoms with Crippen LogP contribution in [0.2, 0.25) is 5.02 Å². The molecule has 3 rings (SSSR count). The highest BCUT2D eigenvalue weighted by Crippen LogP contribution is 2.22. The Bertz CT molecular complexity index is 690. The summed E-state index contributed by atoms with van der Waals surface area (Å²) in [5.41, 5.74) is 7.39. The third-order valence-electron chi connectivity index (χ3n) is 2.47. The molecule has 2 aromatic heterocycles. The Morgan fingerprint density at radius 1 is 1.18 bits per heavy atom. The van der Waals surface area contributed by atoms with Crippen molar-refractivity contribution in [2.45, 2.75) is 0 Å². The average Bonchev–Trinajstić information content (AvgIpc) is 2.72. The van der Waals surface area contributed by atoms with Gasteiger partial charge in [0.25, 0.3) is 0 Å². The van der Waals surface area contributed by atoms with Gasteiger partial charge in [-0.05, 0) is 18.2 Å². The molecule has 0 spiro atoms. The largest absolute Gasteiger partial charge is 0.384 e. The summed E-state index contributed by atoms with van der Waals surface area (Å²) in [6.07, 6.45) is 3.73. The molecule has 3 aromatic rings. The van der Waals surface area contributed by atoms with E-state index in [1.165, 1.54) is 0 Å². The molecule has 0 amide bonds. The molecule has 0 aliphatic heterocycles. The van der Waals surface area contributed by atoms with Crippen molar-refractivity contribution in [3.8, 4) is 11.3 Å². The molecular weight excluding hydrogens is 236 g/mol. The molecule has 2 heterocycles. The Labute approximate surface area is 103 Å². The highest BCUT2D eigenvalue weighted by molar-refractivity contribution is 6.30. The number of nitrogens with zero attached hydrogens (tertiary/aromatic N) is 3. The Kier molecular flexibility index (Phi) is 2.23. The first kappa shape index (κ1) is 10.1. The summed E-state index contributed by atoms with van der Waals surface area (Å²) in [6, 6.07) is 9.28. The Morgan fingerprint density at radius 2 is 2.06 bits per heavy atom. The monoisotopic (exact) mass is 244 g/mol. The molecule has 0 saturated heterocycles. The van der Waals surface area contributed by atoms with Crippen molar-refractivity contribution in [3.63, 3.8) is 0 Å². The summed E-state index contributed by atoms with van der Waals surface area (Å²) in [7, 11) is 0. The smallest absolute Gasteiger partial charge is 0.236 e. The molecule has 0 bridgehead atoms. The molecule has 0 aliphatic carbocycles. The van der Waals surface area contributed by atoms with E-state index in [9.17, 15) is 0 Å². The van der Waals surface area contributed by atoms with E-state index in [0.717, 1.165) is 11.3 Å². The van der Waals surface area contributed by atoms with Gasteiger partial charge in [-0.15, -0.1) is 0 Å². The maximum absolute atomic E-state index is 5.95. The molecule has 84 valence electrons. The van der Waals surface area contributed by atoms with Gasteiger partial charge < -0.3 is 5.73 Å². The van der Waals surface area contributed by atoms with Crippen LogP contribution in [0, 0.1) is 0 Å². The van der Waals surface area contributed by atoms with Crippen molar-refractivity contribution in [3.05, 3.63) is 47.7 Å². The zero-order valence-electron chi connectivity index (χ0n) is 8.84. The fourth-order valence-corrected chi connectivity index (χ4v) is 1.86. The predicted octanol–water partition coefficient (Wildman–Crippen LogP) is 2.63. The van der Waals surface area contributed by atoms with Crippen LogP contribution in [0.25, 0.3) is 17.0 Å². The van der Waals surface area contributed by atoms with Crippen LogP contribution in [0.1, 0.15) is 0 Å². The van der Waals surface area contributed by atoms with E-state index in [2.05, 4.69) is 9.97 Å². The lowest BCUT2D eigenvalue weighted by atomic mass is 10.2. The number of halogens is 1. The van der Waals surface area contributed by atoms with Crippen LogP contribution >= 0.6 is 11.6 Å². The molecule has 17 heavy (non-hydrogen) atoms. The second-order valence-corrected chi connectivity index (χ2v) is 4.13. The molecule has 0 radical (unpaired) electrons. The van der Waals surface area contributed by atoms with Gasteiger partial charge in [0.1, 0.15) is 5.82 Å². The topological polar surface area (TPSA) is 56.2 Å². The number of imidazole rings is 1. The lowest BCUT2D eigenvalue weighted by Crippen LogP contribution is -1.93. The summed E-state index contributed by atoms with van der Waals surface area (Å²) in [6.45, 7) is 0. The van der Waals surface area contributed by atoms with E-state index in [1.54, 1.807) is 6.07 Å². The first-order valence-corrected chi connectivity index (χ1v) is 5.47. The molecule has 1 aromatic carbocycles. The summed E-state index contributed by atoms with van der Waals surface area (Å²) >= 11 is 5.95. The lowest BCUT2D eigenvalue weighted by molar-refractivity contribution is 1.11. The highest BCUT2D eigenvalue weighted by Gasteiger charge is 2.05. The Hall–Kier alpha value is -2.07. The summed E-state index contributed by atoms with van der Waals surface area (Å²) in [5, 5.41) is 0.687. The fraction of sp³-hybridized carbons (Fsp3) is 0. The zero-order chi connectivity index (χ0) is 11.8. The van der Waals surface area contributed by atoms with Crippen LogP contribution in [0.5, 0.6) is 0 Å². The lowest BCUT2D eigenvalue weighted by Gasteiger charge is -1.95. The predicted molar refractivity (Wildman–Crippen MR) is 67.8 cm³/mol. The SMILES string of the molecule is Nc1ccn2cc(-c3cccc(Cl)c3)nc2n1. The molecule has 4 nitrogen and oxygen atoms in total. The van der Waals surface area contributed by atoms with Crippen molar-refractivity contribution >= 4 is 23.2 Å². The second-order valence-electron chi connectivity index (χ2n) is 3.70. The third kappa shape index (κ3) is 1.83. The number of hydrogen-bond acceptors (Lipinski definition) is 3. The molecule has 0 atom stereocenters. The van der Waals surface area contributed by atoms with E-state index >= 15 is 0 Å². The van der Waals surface area contributed by atoms with Crippen LogP contribution in [0.4, 0.5) is 5.82 Å². The van der Waals surface area contributed by atoms with E-state index in [1.807, 2.05) is 41.1 Å². The first-order valence-electron chi connectivity index (χ1n) is 5.09. The minimum absolute atomic E-state index is 0.459. The van der Waals surface area contributed by atoms with Gasteiger partial charge in [0, 0.05) is 23.0 Å². The standard InChI is InChI=1S/C12H9ClN4/c13-9-3-1-2-8(6-9)10-7-17-5-4-11(14)16-12(17)15-10/h1-7H,(H2,14,15,16). The first-order chi connectivity index (χ1) is 8.22. The summed E-state index contributed by atoms with van der Waals surface area (Å²) in [4.78, 5) is 8.54. The van der Waals surface area contributed by atoms with Crippen molar-refractivity contribution < 1.29 is 0 Å². The van der Waals surface area contributed by atoms with Crippen molar-refractivity contribution in [2.24, 2.45) is 0 Å². The van der Waals surface area contributed by atoms with Crippen molar-refractivity contribution in [1.29, 1.82) is 0 Å². The van der Waals surface area contributed by atoms with Crippen LogP contribution in [-0.2, 0) is 0 Å². The normalized spacial score (nSPS) is 10.9. The van der Waals surface area contributed by atoms with Gasteiger partial charge in [-0.25, -0.2) is 4.98 Å². The number of fused-ring (bicyclic) bond motifs is 1. The number of anilines is 1. The number of nitrogens with two attached hydrogens (primary N) is 1. The van der Waals surface area contributed by atoms with Crippen LogP contribution in [0.15, 0.2) is 42.7 Å². The average molecular weight is 245 g/mol. The Balaban J connectivity index is 2.18. The summed E-state index contributed by atoms with van der Waals surface area (Å²) in [5.74, 6) is 1.04. The maximum atomic E-state index is 5.95. The molecule has 0 fully saturated rings. The third-order valence-corrected chi connectivity index (χ3v) is 2.70. The van der Waals surface area contributed by atoms with Gasteiger partial charge in [0.2, 0.25) is 5.78 Å². The minimum atomic E-state index is 0.459. The number of aromatic nitrogens is 3. The molecule has 0 aliphatic rings. The van der Waals surface area contributed by atoms with Crippen molar-refractivity contribution in [1.82, 2.24) is 14.4 Å². The number of rotatable bonds is 1. The van der Waals surface area contributed by atoms with Gasteiger partial charge in [-0.1, -0.05) is 23.7 Å². The van der Waals surface area contributed by atoms with E-state index < -0.39 is 0 Å². The minimum Gasteiger partial charge on any atom is -0.384 e. The molecule has 5 heteroatoms. The fourth-order valence-electron chi connectivity index (χ4n) is 1.67. The maximum Gasteiger partial charge on any atom is 0.236 e. The Morgan fingerprint density at radius 3 is 2.88 bits per heavy atom. The second kappa shape index (κ2) is 3.75. The van der Waals surface area contributed by atoms with Crippen LogP contribution < -0.4 is 5.73 Å². The van der Waals surface area contributed by atoms with Gasteiger partial charge in [0.05, 0.1) is 5.69 Å². The van der Waals surface area contributed by atoms with E-state index in [0.29, 0.717) is 16.6 Å². The van der Waals surface area contributed by atoms with Gasteiger partial charge in [-0.2, -0.15) is 4.98 Å². The van der Waals surface area contributed by atoms with Crippen molar-refractivity contribution in [2.75, 3.05) is 5.73 Å². The van der Waals surface area contributed by atoms with E-state index in [4.69, 9.17) is 17.3 Å². The molecule has 0 unspecified atom stereocenters.